The van der Waals surface area contributed by atoms with Crippen molar-refractivity contribution < 1.29 is 14.3 Å². The van der Waals surface area contributed by atoms with Gasteiger partial charge in [-0.1, -0.05) is 50.1 Å². The summed E-state index contributed by atoms with van der Waals surface area (Å²) < 4.78 is 5.38. The van der Waals surface area contributed by atoms with Crippen molar-refractivity contribution in [1.29, 1.82) is 0 Å². The Kier molecular flexibility index (Phi) is 4.01. The highest BCUT2D eigenvalue weighted by atomic mass is 16.5. The fraction of sp³-hybridized carbons (Fsp3) is 0.538. The number of methoxy groups -OCH3 is 1. The molecule has 152 valence electrons. The molecule has 4 aliphatic carbocycles. The molecule has 1 aromatic carbocycles. The molecule has 3 saturated carbocycles. The molecule has 3 nitrogen and oxygen atoms in total. The first-order valence-corrected chi connectivity index (χ1v) is 11.0. The largest absolute Gasteiger partial charge is 0.497 e. The highest BCUT2D eigenvalue weighted by Gasteiger charge is 2.79. The van der Waals surface area contributed by atoms with E-state index in [-0.39, 0.29) is 34.4 Å². The van der Waals surface area contributed by atoms with E-state index < -0.39 is 5.41 Å². The van der Waals surface area contributed by atoms with E-state index in [1.165, 1.54) is 0 Å². The Labute approximate surface area is 173 Å². The molecule has 1 aromatic rings. The van der Waals surface area contributed by atoms with Crippen LogP contribution in [0.3, 0.4) is 0 Å². The van der Waals surface area contributed by atoms with Gasteiger partial charge in [-0.25, -0.2) is 0 Å². The fourth-order valence-electron chi connectivity index (χ4n) is 7.79. The van der Waals surface area contributed by atoms with Gasteiger partial charge in [0.25, 0.3) is 0 Å². The van der Waals surface area contributed by atoms with Crippen LogP contribution < -0.4 is 4.74 Å². The zero-order valence-electron chi connectivity index (χ0n) is 17.4. The summed E-state index contributed by atoms with van der Waals surface area (Å²) in [5.41, 5.74) is 0.476. The van der Waals surface area contributed by atoms with Gasteiger partial charge in [0.1, 0.15) is 17.3 Å². The Morgan fingerprint density at radius 2 is 1.83 bits per heavy atom. The van der Waals surface area contributed by atoms with Crippen molar-refractivity contribution in [3.05, 3.63) is 54.6 Å². The topological polar surface area (TPSA) is 43.4 Å². The molecule has 0 unspecified atom stereocenters. The molecule has 0 radical (unpaired) electrons. The van der Waals surface area contributed by atoms with Crippen LogP contribution in [0.2, 0.25) is 0 Å². The minimum atomic E-state index is -0.406. The van der Waals surface area contributed by atoms with Gasteiger partial charge in [0.05, 0.1) is 7.11 Å². The zero-order chi connectivity index (χ0) is 20.4. The summed E-state index contributed by atoms with van der Waals surface area (Å²) in [7, 11) is 1.67. The van der Waals surface area contributed by atoms with Gasteiger partial charge >= 0.3 is 0 Å². The van der Waals surface area contributed by atoms with E-state index in [2.05, 4.69) is 37.8 Å². The smallest absolute Gasteiger partial charge is 0.141 e. The predicted molar refractivity (Wildman–Crippen MR) is 113 cm³/mol. The van der Waals surface area contributed by atoms with Crippen LogP contribution in [0.4, 0.5) is 0 Å². The van der Waals surface area contributed by atoms with Crippen LogP contribution in [-0.2, 0) is 15.0 Å². The summed E-state index contributed by atoms with van der Waals surface area (Å²) in [6.07, 6.45) is 11.8. The third kappa shape index (κ3) is 2.04. The molecule has 0 N–H and O–H groups in total. The number of hydrogen-bond acceptors (Lipinski definition) is 3. The predicted octanol–water partition coefficient (Wildman–Crippen LogP) is 5.05. The van der Waals surface area contributed by atoms with Crippen LogP contribution in [-0.4, -0.2) is 18.7 Å². The number of ketones is 2. The molecule has 3 heteroatoms. The maximum Gasteiger partial charge on any atom is 0.141 e. The lowest BCUT2D eigenvalue weighted by molar-refractivity contribution is -0.144. The van der Waals surface area contributed by atoms with Crippen molar-refractivity contribution in [2.45, 2.75) is 50.9 Å². The number of allylic oxidation sites excluding steroid dienone is 3. The monoisotopic (exact) mass is 390 g/mol. The van der Waals surface area contributed by atoms with E-state index in [1.807, 2.05) is 12.1 Å². The summed E-state index contributed by atoms with van der Waals surface area (Å²) >= 11 is 0. The second kappa shape index (κ2) is 6.17. The van der Waals surface area contributed by atoms with Crippen molar-refractivity contribution in [3.8, 4) is 5.75 Å². The Morgan fingerprint density at radius 1 is 1.10 bits per heavy atom. The Morgan fingerprint density at radius 3 is 2.52 bits per heavy atom. The molecule has 0 heterocycles. The van der Waals surface area contributed by atoms with Gasteiger partial charge in [0, 0.05) is 35.0 Å². The summed E-state index contributed by atoms with van der Waals surface area (Å²) in [4.78, 5) is 27.4. The third-order valence-corrected chi connectivity index (χ3v) is 9.00. The average Bonchev–Trinajstić information content (AvgIpc) is 3.12. The van der Waals surface area contributed by atoms with E-state index in [0.29, 0.717) is 18.6 Å². The number of carbonyl (C=O) groups is 2. The first kappa shape index (κ1) is 18.8. The van der Waals surface area contributed by atoms with E-state index in [4.69, 9.17) is 4.74 Å². The van der Waals surface area contributed by atoms with Gasteiger partial charge in [0.15, 0.2) is 0 Å². The van der Waals surface area contributed by atoms with E-state index in [0.717, 1.165) is 37.0 Å². The van der Waals surface area contributed by atoms with Gasteiger partial charge in [-0.2, -0.15) is 0 Å². The minimum absolute atomic E-state index is 0.101. The summed E-state index contributed by atoms with van der Waals surface area (Å²) in [6, 6.07) is 8.23. The first-order chi connectivity index (χ1) is 13.9. The highest BCUT2D eigenvalue weighted by Crippen LogP contribution is 2.79. The van der Waals surface area contributed by atoms with Crippen LogP contribution >= 0.6 is 0 Å². The van der Waals surface area contributed by atoms with Crippen LogP contribution in [0.5, 0.6) is 5.75 Å². The fourth-order valence-corrected chi connectivity index (χ4v) is 7.79. The molecule has 0 amide bonds. The van der Waals surface area contributed by atoms with Crippen molar-refractivity contribution in [3.63, 3.8) is 0 Å². The van der Waals surface area contributed by atoms with Crippen LogP contribution in [0.1, 0.15) is 51.0 Å². The van der Waals surface area contributed by atoms with E-state index in [9.17, 15) is 9.59 Å². The molecule has 0 saturated heterocycles. The molecule has 0 spiro atoms. The second-order valence-corrected chi connectivity index (χ2v) is 9.76. The number of hydrogen-bond donors (Lipinski definition) is 0. The lowest BCUT2D eigenvalue weighted by Crippen LogP contribution is -2.50. The van der Waals surface area contributed by atoms with Crippen LogP contribution in [0.15, 0.2) is 49.1 Å². The maximum absolute atomic E-state index is 13.9. The van der Waals surface area contributed by atoms with Crippen molar-refractivity contribution in [2.75, 3.05) is 7.11 Å². The van der Waals surface area contributed by atoms with Crippen LogP contribution in [0.25, 0.3) is 0 Å². The molecule has 3 fully saturated rings. The molecular weight excluding hydrogens is 360 g/mol. The number of ether oxygens (including phenoxy) is 1. The van der Waals surface area contributed by atoms with Gasteiger partial charge in [-0.15, -0.1) is 6.58 Å². The lowest BCUT2D eigenvalue weighted by Gasteiger charge is -2.50. The quantitative estimate of drug-likeness (QED) is 0.676. The first-order valence-electron chi connectivity index (χ1n) is 11.0. The van der Waals surface area contributed by atoms with E-state index in [1.54, 1.807) is 13.2 Å². The molecule has 5 rings (SSSR count). The summed E-state index contributed by atoms with van der Waals surface area (Å²) in [5.74, 6) is 0.756. The van der Waals surface area contributed by atoms with Gasteiger partial charge in [-0.05, 0) is 42.4 Å². The number of carbonyl (C=O) groups excluding carboxylic acids is 2. The highest BCUT2D eigenvalue weighted by molar-refractivity contribution is 6.01. The SMILES string of the molecule is C=CC[C@H]1CC(=O)[C@H]2[C@@H](C1=O)[C@]1(c3ccc(OC)cc3)C=C[C@]23CCCC[C@@]31C. The average molecular weight is 391 g/mol. The van der Waals surface area contributed by atoms with Gasteiger partial charge in [-0.3, -0.25) is 9.59 Å². The Hall–Kier alpha value is -2.16. The maximum atomic E-state index is 13.9. The number of benzene rings is 1. The van der Waals surface area contributed by atoms with Crippen molar-refractivity contribution in [2.24, 2.45) is 28.6 Å². The minimum Gasteiger partial charge on any atom is -0.497 e. The van der Waals surface area contributed by atoms with Crippen LogP contribution in [0, 0.1) is 28.6 Å². The van der Waals surface area contributed by atoms with E-state index >= 15 is 0 Å². The molecule has 0 aliphatic heterocycles. The van der Waals surface area contributed by atoms with Crippen molar-refractivity contribution >= 4 is 11.6 Å². The summed E-state index contributed by atoms with van der Waals surface area (Å²) in [5, 5.41) is 0. The number of Topliss-reactive ketones (excluding diaryl/α,β-unsaturated/α-hetero) is 2. The molecule has 2 bridgehead atoms. The number of fused-ring (bicyclic) bond motifs is 2. The summed E-state index contributed by atoms with van der Waals surface area (Å²) in [6.45, 7) is 6.19. The third-order valence-electron chi connectivity index (χ3n) is 9.00. The van der Waals surface area contributed by atoms with Crippen molar-refractivity contribution in [1.82, 2.24) is 0 Å². The van der Waals surface area contributed by atoms with Gasteiger partial charge < -0.3 is 4.74 Å². The van der Waals surface area contributed by atoms with Gasteiger partial charge in [0.2, 0.25) is 0 Å². The molecule has 6 atom stereocenters. The lowest BCUT2D eigenvalue weighted by atomic mass is 9.52. The molecular formula is C26H30O3. The molecule has 4 aliphatic rings. The number of rotatable bonds is 4. The molecule has 29 heavy (non-hydrogen) atoms. The molecule has 0 aromatic heterocycles. The Bertz CT molecular complexity index is 912. The standard InChI is InChI=1S/C26H30O3/c1-4-7-17-16-20(27)21-22(23(17)28)26(18-8-10-19(29-3)11-9-18)15-14-25(21)13-6-5-12-24(25,26)2/h4,8-11,14-15,17,21-22H,1,5-7,12-13,16H2,2-3H3/t17-,21-,22-,24-,25+,26+/m0/s1. The Balaban J connectivity index is 1.74. The zero-order valence-corrected chi connectivity index (χ0v) is 17.4. The normalized spacial score (nSPS) is 42.5. The second-order valence-electron chi connectivity index (χ2n) is 9.76.